The monoisotopic (exact) mass is 628 g/mol. The number of ether oxygens (including phenoxy) is 3. The molecule has 0 aliphatic heterocycles. The summed E-state index contributed by atoms with van der Waals surface area (Å²) < 4.78 is 81.3. The first-order valence-corrected chi connectivity index (χ1v) is 13.6. The molecule has 0 bridgehead atoms. The number of benzene rings is 2. The number of rotatable bonds is 7. The number of halogens is 4. The number of nitrogens with zero attached hydrogens (tertiary/aromatic N) is 4. The average molecular weight is 629 g/mol. The van der Waals surface area contributed by atoms with Gasteiger partial charge in [0.2, 0.25) is 17.1 Å². The number of hydrogen-bond donors (Lipinski definition) is 0. The van der Waals surface area contributed by atoms with Crippen molar-refractivity contribution in [2.24, 2.45) is 0 Å². The Morgan fingerprint density at radius 3 is 2.31 bits per heavy atom. The van der Waals surface area contributed by atoms with E-state index in [0.29, 0.717) is 17.7 Å². The summed E-state index contributed by atoms with van der Waals surface area (Å²) in [7, 11) is 0. The maximum Gasteiger partial charge on any atom is 0.416 e. The zero-order valence-corrected chi connectivity index (χ0v) is 25.1. The van der Waals surface area contributed by atoms with Crippen molar-refractivity contribution in [3.63, 3.8) is 0 Å². The van der Waals surface area contributed by atoms with E-state index >= 15 is 0 Å². The normalized spacial score (nSPS) is 12.4. The fourth-order valence-corrected chi connectivity index (χ4v) is 4.07. The zero-order chi connectivity index (χ0) is 32.7. The van der Waals surface area contributed by atoms with Crippen LogP contribution < -0.4 is 19.6 Å². The molecule has 0 atom stereocenters. The molecule has 236 valence electrons. The first kappa shape index (κ1) is 31.4. The Labute approximate surface area is 254 Å². The molecule has 10 nitrogen and oxygen atoms in total. The SMILES string of the molecule is CC(C)(C)Oc1ncc(-c2coc3cc(OCc4noc(-c5cc(F)cc(C(F)(F)F)c5)n4)ccc3c2=O)c(OC(C)(C)C)n1. The van der Waals surface area contributed by atoms with Gasteiger partial charge < -0.3 is 23.2 Å². The first-order chi connectivity index (χ1) is 20.9. The summed E-state index contributed by atoms with van der Waals surface area (Å²) in [5.41, 5.74) is -2.30. The summed E-state index contributed by atoms with van der Waals surface area (Å²) in [6.07, 6.45) is -2.04. The third kappa shape index (κ3) is 7.56. The number of aromatic nitrogens is 4. The molecule has 0 N–H and O–H groups in total. The van der Waals surface area contributed by atoms with Crippen LogP contribution in [0.15, 0.2) is 62.6 Å². The van der Waals surface area contributed by atoms with Crippen LogP contribution in [0.5, 0.6) is 17.6 Å². The highest BCUT2D eigenvalue weighted by atomic mass is 19.4. The molecule has 0 fully saturated rings. The summed E-state index contributed by atoms with van der Waals surface area (Å²) in [5, 5.41) is 3.93. The minimum absolute atomic E-state index is 0.00928. The minimum atomic E-state index is -4.75. The van der Waals surface area contributed by atoms with Gasteiger partial charge in [-0.2, -0.15) is 23.1 Å². The Kier molecular flexibility index (Phi) is 8.02. The largest absolute Gasteiger partial charge is 0.485 e. The smallest absolute Gasteiger partial charge is 0.416 e. The second-order valence-electron chi connectivity index (χ2n) is 12.0. The maximum atomic E-state index is 13.8. The van der Waals surface area contributed by atoms with Crippen molar-refractivity contribution in [1.29, 1.82) is 0 Å². The van der Waals surface area contributed by atoms with Crippen LogP contribution in [0.25, 0.3) is 33.6 Å². The second-order valence-corrected chi connectivity index (χ2v) is 12.0. The van der Waals surface area contributed by atoms with Gasteiger partial charge in [-0.1, -0.05) is 5.16 Å². The molecule has 45 heavy (non-hydrogen) atoms. The summed E-state index contributed by atoms with van der Waals surface area (Å²) in [4.78, 5) is 26.2. The molecule has 5 rings (SSSR count). The lowest BCUT2D eigenvalue weighted by Gasteiger charge is -2.24. The number of fused-ring (bicyclic) bond motifs is 1. The van der Waals surface area contributed by atoms with E-state index in [-0.39, 0.29) is 63.5 Å². The van der Waals surface area contributed by atoms with Gasteiger partial charge >= 0.3 is 12.2 Å². The van der Waals surface area contributed by atoms with Gasteiger partial charge in [0.15, 0.2) is 6.61 Å². The van der Waals surface area contributed by atoms with Gasteiger partial charge in [-0.15, -0.1) is 0 Å². The molecule has 0 aliphatic rings. The lowest BCUT2D eigenvalue weighted by molar-refractivity contribution is -0.137. The Hall–Kier alpha value is -5.01. The Balaban J connectivity index is 1.38. The van der Waals surface area contributed by atoms with Crippen LogP contribution in [0.1, 0.15) is 52.9 Å². The highest BCUT2D eigenvalue weighted by molar-refractivity contribution is 5.83. The van der Waals surface area contributed by atoms with Crippen molar-refractivity contribution < 1.29 is 40.7 Å². The lowest BCUT2D eigenvalue weighted by Crippen LogP contribution is -2.26. The van der Waals surface area contributed by atoms with Crippen LogP contribution in [-0.4, -0.2) is 31.3 Å². The second kappa shape index (κ2) is 11.5. The molecule has 5 aromatic rings. The van der Waals surface area contributed by atoms with Crippen LogP contribution in [0, 0.1) is 5.82 Å². The van der Waals surface area contributed by atoms with Gasteiger partial charge in [0.25, 0.3) is 5.89 Å². The topological polar surface area (TPSA) is 123 Å². The van der Waals surface area contributed by atoms with E-state index in [4.69, 9.17) is 23.2 Å². The van der Waals surface area contributed by atoms with E-state index in [2.05, 4.69) is 20.1 Å². The van der Waals surface area contributed by atoms with Gasteiger partial charge in [-0.3, -0.25) is 4.79 Å². The number of alkyl halides is 3. The van der Waals surface area contributed by atoms with Crippen LogP contribution in [0.2, 0.25) is 0 Å². The van der Waals surface area contributed by atoms with E-state index in [1.54, 1.807) is 0 Å². The number of hydrogen-bond acceptors (Lipinski definition) is 10. The lowest BCUT2D eigenvalue weighted by atomic mass is 10.1. The Bertz CT molecular complexity index is 1920. The van der Waals surface area contributed by atoms with Crippen LogP contribution in [0.3, 0.4) is 0 Å². The third-order valence-corrected chi connectivity index (χ3v) is 5.88. The maximum absolute atomic E-state index is 13.8. The summed E-state index contributed by atoms with van der Waals surface area (Å²) in [6.45, 7) is 10.8. The molecular weight excluding hydrogens is 600 g/mol. The molecule has 0 radical (unpaired) electrons. The van der Waals surface area contributed by atoms with Gasteiger partial charge in [-0.25, -0.2) is 9.37 Å². The van der Waals surface area contributed by atoms with Crippen molar-refractivity contribution in [3.8, 4) is 40.2 Å². The van der Waals surface area contributed by atoms with Crippen LogP contribution >= 0.6 is 0 Å². The highest BCUT2D eigenvalue weighted by Crippen LogP contribution is 2.34. The molecule has 3 heterocycles. The molecule has 3 aromatic heterocycles. The highest BCUT2D eigenvalue weighted by Gasteiger charge is 2.32. The van der Waals surface area contributed by atoms with E-state index < -0.39 is 28.8 Å². The fraction of sp³-hybridized carbons (Fsp3) is 0.323. The molecule has 0 saturated carbocycles. The third-order valence-electron chi connectivity index (χ3n) is 5.88. The summed E-state index contributed by atoms with van der Waals surface area (Å²) in [5.74, 6) is -1.000. The average Bonchev–Trinajstić information content (AvgIpc) is 3.39. The summed E-state index contributed by atoms with van der Waals surface area (Å²) in [6, 6.07) is 6.53. The van der Waals surface area contributed by atoms with E-state index in [9.17, 15) is 22.4 Å². The first-order valence-electron chi connectivity index (χ1n) is 13.6. The summed E-state index contributed by atoms with van der Waals surface area (Å²) >= 11 is 0. The molecule has 0 saturated heterocycles. The van der Waals surface area contributed by atoms with Gasteiger partial charge in [0, 0.05) is 17.8 Å². The van der Waals surface area contributed by atoms with Crippen LogP contribution in [0.4, 0.5) is 17.6 Å². The quantitative estimate of drug-likeness (QED) is 0.169. The molecule has 0 unspecified atom stereocenters. The minimum Gasteiger partial charge on any atom is -0.485 e. The van der Waals surface area contributed by atoms with Crippen LogP contribution in [-0.2, 0) is 12.8 Å². The predicted molar refractivity (Wildman–Crippen MR) is 153 cm³/mol. The van der Waals surface area contributed by atoms with Crippen molar-refractivity contribution in [2.75, 3.05) is 0 Å². The Morgan fingerprint density at radius 1 is 0.889 bits per heavy atom. The zero-order valence-electron chi connectivity index (χ0n) is 25.1. The molecule has 2 aromatic carbocycles. The predicted octanol–water partition coefficient (Wildman–Crippen LogP) is 7.39. The molecular formula is C31H28F4N4O6. The Morgan fingerprint density at radius 2 is 1.62 bits per heavy atom. The molecule has 0 amide bonds. The molecule has 0 spiro atoms. The van der Waals surface area contributed by atoms with Gasteiger partial charge in [0.1, 0.15) is 34.6 Å². The van der Waals surface area contributed by atoms with Crippen molar-refractivity contribution in [3.05, 3.63) is 76.3 Å². The van der Waals surface area contributed by atoms with E-state index in [1.807, 2.05) is 41.5 Å². The standard InChI is InChI=1S/C31H28F4N4O6/c1-29(2,3)43-27-21(13-36-28(38-27)44-30(4,5)6)22-14-42-23-12-19(7-8-20(23)25(22)40)41-15-24-37-26(45-39-24)16-9-17(31(33,34)35)11-18(32)10-16/h7-14H,15H2,1-6H3. The molecule has 0 aliphatic carbocycles. The van der Waals surface area contributed by atoms with E-state index in [0.717, 1.165) is 6.07 Å². The van der Waals surface area contributed by atoms with Crippen molar-refractivity contribution in [1.82, 2.24) is 20.1 Å². The van der Waals surface area contributed by atoms with E-state index in [1.165, 1.54) is 30.7 Å². The van der Waals surface area contributed by atoms with Gasteiger partial charge in [0.05, 0.1) is 22.1 Å². The van der Waals surface area contributed by atoms with Crippen molar-refractivity contribution in [2.45, 2.75) is 65.5 Å². The fourth-order valence-electron chi connectivity index (χ4n) is 4.07. The van der Waals surface area contributed by atoms with Gasteiger partial charge in [-0.05, 0) is 71.9 Å². The molecule has 14 heteroatoms. The van der Waals surface area contributed by atoms with Crippen molar-refractivity contribution >= 4 is 11.0 Å².